The molecule has 0 bridgehead atoms. The molecule has 9 heteroatoms. The average molecular weight is 504 g/mol. The fraction of sp³-hybridized carbons (Fsp3) is 0.593. The number of fused-ring (bicyclic) bond motifs is 1. The normalized spacial score (nSPS) is 23.5. The number of carbonyl (C=O) groups is 1. The second kappa shape index (κ2) is 9.90. The van der Waals surface area contributed by atoms with Gasteiger partial charge in [-0.3, -0.25) is 9.36 Å². The number of halogens is 3. The van der Waals surface area contributed by atoms with Gasteiger partial charge in [-0.05, 0) is 63.4 Å². The SMILES string of the molecule is Cc1nc2c(c(=O)n1C(c1ccccc1)C1CCC1)CCN(C(=O)OC1CCC(C(F)(F)F)CC1)C2. The predicted molar refractivity (Wildman–Crippen MR) is 128 cm³/mol. The van der Waals surface area contributed by atoms with Gasteiger partial charge in [-0.25, -0.2) is 9.78 Å². The molecule has 1 unspecified atom stereocenters. The van der Waals surface area contributed by atoms with E-state index in [1.165, 1.54) is 4.90 Å². The minimum atomic E-state index is -4.19. The highest BCUT2D eigenvalue weighted by Crippen LogP contribution is 2.40. The van der Waals surface area contributed by atoms with E-state index in [0.717, 1.165) is 24.8 Å². The topological polar surface area (TPSA) is 64.4 Å². The molecule has 0 spiro atoms. The molecule has 2 saturated carbocycles. The van der Waals surface area contributed by atoms with Crippen LogP contribution in [0.2, 0.25) is 0 Å². The van der Waals surface area contributed by atoms with Crippen molar-refractivity contribution in [1.29, 1.82) is 0 Å². The summed E-state index contributed by atoms with van der Waals surface area (Å²) in [4.78, 5) is 32.8. The number of benzene rings is 1. The Hall–Kier alpha value is -2.84. The van der Waals surface area contributed by atoms with Crippen LogP contribution in [0.15, 0.2) is 35.1 Å². The van der Waals surface area contributed by atoms with Crippen molar-refractivity contribution in [2.45, 2.75) is 83.2 Å². The van der Waals surface area contributed by atoms with Crippen molar-refractivity contribution in [1.82, 2.24) is 14.5 Å². The molecule has 1 aromatic heterocycles. The third kappa shape index (κ3) is 4.89. The highest BCUT2D eigenvalue weighted by atomic mass is 19.4. The third-order valence-corrected chi connectivity index (χ3v) is 8.12. The monoisotopic (exact) mass is 503 g/mol. The standard InChI is InChI=1S/C27H32F3N3O3/c1-17-31-23-16-32(26(35)36-21-12-10-20(11-13-21)27(28,29)30)15-14-22(23)25(34)33(17)24(19-8-5-9-19)18-6-3-2-4-7-18/h2-4,6-7,19-21,24H,5,8-16H2,1H3. The van der Waals surface area contributed by atoms with E-state index in [4.69, 9.17) is 9.72 Å². The summed E-state index contributed by atoms with van der Waals surface area (Å²) < 4.78 is 46.1. The number of aromatic nitrogens is 2. The van der Waals surface area contributed by atoms with Crippen LogP contribution < -0.4 is 5.56 Å². The predicted octanol–water partition coefficient (Wildman–Crippen LogP) is 5.56. The molecule has 1 amide bonds. The number of ether oxygens (including phenoxy) is 1. The number of hydrogen-bond donors (Lipinski definition) is 0. The molecule has 0 saturated heterocycles. The first kappa shape index (κ1) is 24.8. The quantitative estimate of drug-likeness (QED) is 0.548. The van der Waals surface area contributed by atoms with E-state index in [1.807, 2.05) is 29.7 Å². The Balaban J connectivity index is 1.31. The van der Waals surface area contributed by atoms with Crippen molar-refractivity contribution in [3.63, 3.8) is 0 Å². The fourth-order valence-electron chi connectivity index (χ4n) is 5.87. The maximum Gasteiger partial charge on any atom is 0.410 e. The second-order valence-electron chi connectivity index (χ2n) is 10.4. The summed E-state index contributed by atoms with van der Waals surface area (Å²) in [6.07, 6.45) is -1.17. The lowest BCUT2D eigenvalue weighted by atomic mass is 9.77. The van der Waals surface area contributed by atoms with Crippen molar-refractivity contribution in [3.8, 4) is 0 Å². The molecule has 1 aliphatic heterocycles. The number of hydrogen-bond acceptors (Lipinski definition) is 4. The van der Waals surface area contributed by atoms with Gasteiger partial charge in [-0.15, -0.1) is 0 Å². The van der Waals surface area contributed by atoms with Gasteiger partial charge in [0, 0.05) is 12.1 Å². The maximum absolute atomic E-state index is 13.7. The van der Waals surface area contributed by atoms with Gasteiger partial charge < -0.3 is 9.64 Å². The molecular weight excluding hydrogens is 471 g/mol. The van der Waals surface area contributed by atoms with E-state index >= 15 is 0 Å². The molecule has 36 heavy (non-hydrogen) atoms. The van der Waals surface area contributed by atoms with Crippen molar-refractivity contribution < 1.29 is 22.7 Å². The Labute approximate surface area is 208 Å². The first-order chi connectivity index (χ1) is 17.2. The molecule has 1 atom stereocenters. The molecule has 2 heterocycles. The van der Waals surface area contributed by atoms with Gasteiger partial charge in [0.25, 0.3) is 5.56 Å². The number of alkyl halides is 3. The van der Waals surface area contributed by atoms with E-state index in [1.54, 1.807) is 0 Å². The Morgan fingerprint density at radius 3 is 2.39 bits per heavy atom. The minimum absolute atomic E-state index is 0.0197. The first-order valence-corrected chi connectivity index (χ1v) is 12.9. The lowest BCUT2D eigenvalue weighted by molar-refractivity contribution is -0.186. The smallest absolute Gasteiger partial charge is 0.410 e. The zero-order valence-corrected chi connectivity index (χ0v) is 20.5. The first-order valence-electron chi connectivity index (χ1n) is 12.9. The Kier molecular flexibility index (Phi) is 6.83. The fourth-order valence-corrected chi connectivity index (χ4v) is 5.87. The second-order valence-corrected chi connectivity index (χ2v) is 10.4. The molecule has 2 aliphatic carbocycles. The van der Waals surface area contributed by atoms with E-state index in [2.05, 4.69) is 12.1 Å². The molecule has 2 fully saturated rings. The molecule has 3 aliphatic rings. The third-order valence-electron chi connectivity index (χ3n) is 8.12. The summed E-state index contributed by atoms with van der Waals surface area (Å²) in [5.41, 5.74) is 2.28. The van der Waals surface area contributed by atoms with Crippen LogP contribution in [0.1, 0.15) is 73.6 Å². The number of rotatable bonds is 4. The van der Waals surface area contributed by atoms with Gasteiger partial charge in [0.2, 0.25) is 0 Å². The van der Waals surface area contributed by atoms with Gasteiger partial charge in [0.15, 0.2) is 0 Å². The number of amides is 1. The van der Waals surface area contributed by atoms with Crippen LogP contribution in [0.3, 0.4) is 0 Å². The van der Waals surface area contributed by atoms with Crippen molar-refractivity contribution >= 4 is 6.09 Å². The molecule has 2 aromatic rings. The van der Waals surface area contributed by atoms with Crippen LogP contribution in [0, 0.1) is 18.8 Å². The molecule has 0 radical (unpaired) electrons. The van der Waals surface area contributed by atoms with Crippen molar-refractivity contribution in [3.05, 3.63) is 63.3 Å². The van der Waals surface area contributed by atoms with Crippen LogP contribution in [-0.2, 0) is 17.7 Å². The molecule has 5 rings (SSSR count). The van der Waals surface area contributed by atoms with Crippen molar-refractivity contribution in [2.75, 3.05) is 6.54 Å². The zero-order chi connectivity index (χ0) is 25.4. The van der Waals surface area contributed by atoms with Gasteiger partial charge in [0.05, 0.1) is 24.2 Å². The van der Waals surface area contributed by atoms with E-state index in [9.17, 15) is 22.8 Å². The number of nitrogens with zero attached hydrogens (tertiary/aromatic N) is 3. The lowest BCUT2D eigenvalue weighted by Gasteiger charge is -2.37. The number of aryl methyl sites for hydroxylation is 1. The van der Waals surface area contributed by atoms with Gasteiger partial charge in [-0.2, -0.15) is 13.2 Å². The van der Waals surface area contributed by atoms with Gasteiger partial charge >= 0.3 is 12.3 Å². The number of carbonyl (C=O) groups excluding carboxylic acids is 1. The highest BCUT2D eigenvalue weighted by Gasteiger charge is 2.42. The summed E-state index contributed by atoms with van der Waals surface area (Å²) in [6.45, 7) is 2.33. The summed E-state index contributed by atoms with van der Waals surface area (Å²) in [5, 5.41) is 0. The largest absolute Gasteiger partial charge is 0.446 e. The van der Waals surface area contributed by atoms with Crippen LogP contribution >= 0.6 is 0 Å². The zero-order valence-electron chi connectivity index (χ0n) is 20.5. The molecule has 0 N–H and O–H groups in total. The summed E-state index contributed by atoms with van der Waals surface area (Å²) >= 11 is 0. The van der Waals surface area contributed by atoms with Crippen LogP contribution in [0.5, 0.6) is 0 Å². The lowest BCUT2D eigenvalue weighted by Crippen LogP contribution is -2.44. The van der Waals surface area contributed by atoms with E-state index in [-0.39, 0.29) is 43.8 Å². The maximum atomic E-state index is 13.7. The van der Waals surface area contributed by atoms with Crippen LogP contribution in [0.25, 0.3) is 0 Å². The Morgan fingerprint density at radius 2 is 1.78 bits per heavy atom. The van der Waals surface area contributed by atoms with E-state index < -0.39 is 24.3 Å². The Bertz CT molecular complexity index is 1150. The molecule has 194 valence electrons. The van der Waals surface area contributed by atoms with Gasteiger partial charge in [-0.1, -0.05) is 36.8 Å². The Morgan fingerprint density at radius 1 is 1.08 bits per heavy atom. The molecular formula is C27H32F3N3O3. The minimum Gasteiger partial charge on any atom is -0.446 e. The summed E-state index contributed by atoms with van der Waals surface area (Å²) in [7, 11) is 0. The average Bonchev–Trinajstić information content (AvgIpc) is 2.82. The van der Waals surface area contributed by atoms with Crippen LogP contribution in [0.4, 0.5) is 18.0 Å². The van der Waals surface area contributed by atoms with Crippen LogP contribution in [-0.4, -0.2) is 39.4 Å². The summed E-state index contributed by atoms with van der Waals surface area (Å²) in [5.74, 6) is -0.297. The van der Waals surface area contributed by atoms with E-state index in [0.29, 0.717) is 36.0 Å². The molecule has 1 aromatic carbocycles. The van der Waals surface area contributed by atoms with Gasteiger partial charge in [0.1, 0.15) is 11.9 Å². The molecule has 6 nitrogen and oxygen atoms in total. The van der Waals surface area contributed by atoms with Crippen molar-refractivity contribution in [2.24, 2.45) is 11.8 Å². The highest BCUT2D eigenvalue weighted by molar-refractivity contribution is 5.68. The summed E-state index contributed by atoms with van der Waals surface area (Å²) in [6, 6.07) is 10.0.